The molecule has 0 aromatic heterocycles. The van der Waals surface area contributed by atoms with Crippen LogP contribution >= 0.6 is 0 Å². The maximum atomic E-state index is 2.49. The molecule has 1 aromatic rings. The minimum Gasteiger partial charge on any atom is -0.0839 e. The number of allylic oxidation sites excluding steroid dienone is 8. The highest BCUT2D eigenvalue weighted by atomic mass is 14.4. The normalized spacial score (nSPS) is 19.8. The molecule has 0 N–H and O–H groups in total. The predicted molar refractivity (Wildman–Crippen MR) is 113 cm³/mol. The quantitative estimate of drug-likeness (QED) is 0.489. The van der Waals surface area contributed by atoms with E-state index < -0.39 is 0 Å². The summed E-state index contributed by atoms with van der Waals surface area (Å²) in [5.74, 6) is 0. The van der Waals surface area contributed by atoms with Crippen LogP contribution in [0.5, 0.6) is 0 Å². The number of fused-ring (bicyclic) bond motifs is 1. The van der Waals surface area contributed by atoms with Crippen molar-refractivity contribution in [3.63, 3.8) is 0 Å². The molecule has 0 fully saturated rings. The van der Waals surface area contributed by atoms with Crippen molar-refractivity contribution in [2.45, 2.75) is 67.2 Å². The molecule has 0 bridgehead atoms. The molecule has 4 rings (SSSR count). The molecule has 3 aliphatic rings. The second-order valence-electron chi connectivity index (χ2n) is 6.89. The summed E-state index contributed by atoms with van der Waals surface area (Å²) in [6, 6.07) is 10.9. The zero-order chi connectivity index (χ0) is 18.4. The van der Waals surface area contributed by atoms with E-state index in [1.54, 1.807) is 22.3 Å². The molecule has 0 amide bonds. The average molecular weight is 335 g/mol. The van der Waals surface area contributed by atoms with E-state index in [9.17, 15) is 0 Å². The zero-order valence-corrected chi connectivity index (χ0v) is 16.9. The number of benzene rings is 1. The van der Waals surface area contributed by atoms with Gasteiger partial charge in [-0.1, -0.05) is 90.1 Å². The first kappa shape index (κ1) is 19.5. The summed E-state index contributed by atoms with van der Waals surface area (Å²) in [5.41, 5.74) is 9.53. The van der Waals surface area contributed by atoms with Crippen LogP contribution in [0.15, 0.2) is 70.9 Å². The monoisotopic (exact) mass is 334 g/mol. The summed E-state index contributed by atoms with van der Waals surface area (Å²) in [4.78, 5) is 0. The highest BCUT2D eigenvalue weighted by Crippen LogP contribution is 2.54. The lowest BCUT2D eigenvalue weighted by Crippen LogP contribution is -2.14. The fourth-order valence-electron chi connectivity index (χ4n) is 4.19. The molecule has 0 unspecified atom stereocenters. The molecule has 0 aliphatic heterocycles. The van der Waals surface area contributed by atoms with Crippen LogP contribution in [-0.2, 0) is 0 Å². The molecule has 0 saturated carbocycles. The fraction of sp³-hybridized carbons (Fsp3) is 0.440. The van der Waals surface area contributed by atoms with Crippen molar-refractivity contribution in [1.29, 1.82) is 0 Å². The lowest BCUT2D eigenvalue weighted by Gasteiger charge is -2.27. The van der Waals surface area contributed by atoms with Crippen LogP contribution in [0.25, 0.3) is 5.57 Å². The van der Waals surface area contributed by atoms with Crippen LogP contribution in [0, 0.1) is 5.41 Å². The summed E-state index contributed by atoms with van der Waals surface area (Å²) < 4.78 is 0. The van der Waals surface area contributed by atoms with Crippen LogP contribution < -0.4 is 0 Å². The van der Waals surface area contributed by atoms with Crippen molar-refractivity contribution >= 4 is 5.57 Å². The van der Waals surface area contributed by atoms with Gasteiger partial charge >= 0.3 is 0 Å². The van der Waals surface area contributed by atoms with Crippen molar-refractivity contribution in [2.75, 3.05) is 0 Å². The Labute approximate surface area is 155 Å². The van der Waals surface area contributed by atoms with Gasteiger partial charge in [0.15, 0.2) is 0 Å². The Balaban J connectivity index is 0.000000528. The van der Waals surface area contributed by atoms with E-state index in [1.807, 2.05) is 27.7 Å². The Kier molecular flexibility index (Phi) is 6.64. The predicted octanol–water partition coefficient (Wildman–Crippen LogP) is 7.90. The highest BCUT2D eigenvalue weighted by molar-refractivity contribution is 5.75. The van der Waals surface area contributed by atoms with Crippen LogP contribution in [-0.4, -0.2) is 0 Å². The molecular formula is C25H34. The molecule has 134 valence electrons. The van der Waals surface area contributed by atoms with Gasteiger partial charge in [0, 0.05) is 5.41 Å². The van der Waals surface area contributed by atoms with Gasteiger partial charge in [-0.3, -0.25) is 0 Å². The first-order chi connectivity index (χ1) is 12.2. The third-order valence-electron chi connectivity index (χ3n) is 5.31. The highest BCUT2D eigenvalue weighted by Gasteiger charge is 2.39. The SMILES string of the molecule is CC.CC.CC1(C)C2=C(CCC=C2)C2=C1C=C(c1ccccc1)CC2. The summed E-state index contributed by atoms with van der Waals surface area (Å²) in [6.07, 6.45) is 12.1. The molecule has 0 saturated heterocycles. The van der Waals surface area contributed by atoms with Gasteiger partial charge < -0.3 is 0 Å². The van der Waals surface area contributed by atoms with Crippen LogP contribution in [0.2, 0.25) is 0 Å². The van der Waals surface area contributed by atoms with E-state index in [0.29, 0.717) is 0 Å². The van der Waals surface area contributed by atoms with E-state index in [4.69, 9.17) is 0 Å². The molecule has 25 heavy (non-hydrogen) atoms. The number of hydrogen-bond acceptors (Lipinski definition) is 0. The third-order valence-corrected chi connectivity index (χ3v) is 5.31. The summed E-state index contributed by atoms with van der Waals surface area (Å²) in [7, 11) is 0. The van der Waals surface area contributed by atoms with Crippen molar-refractivity contribution in [3.8, 4) is 0 Å². The van der Waals surface area contributed by atoms with E-state index in [2.05, 4.69) is 62.4 Å². The lowest BCUT2D eigenvalue weighted by atomic mass is 9.76. The fourth-order valence-corrected chi connectivity index (χ4v) is 4.19. The first-order valence-electron chi connectivity index (χ1n) is 10.1. The average Bonchev–Trinajstić information content (AvgIpc) is 2.93. The van der Waals surface area contributed by atoms with Crippen molar-refractivity contribution in [3.05, 3.63) is 76.4 Å². The van der Waals surface area contributed by atoms with Gasteiger partial charge in [0.1, 0.15) is 0 Å². The van der Waals surface area contributed by atoms with Gasteiger partial charge in [-0.15, -0.1) is 0 Å². The second kappa shape index (κ2) is 8.52. The zero-order valence-electron chi connectivity index (χ0n) is 16.9. The van der Waals surface area contributed by atoms with Gasteiger partial charge in [-0.05, 0) is 59.1 Å². The maximum absolute atomic E-state index is 2.49. The van der Waals surface area contributed by atoms with Crippen molar-refractivity contribution < 1.29 is 0 Å². The molecular weight excluding hydrogens is 300 g/mol. The third kappa shape index (κ3) is 3.59. The number of rotatable bonds is 1. The molecule has 0 heterocycles. The topological polar surface area (TPSA) is 0 Å². The van der Waals surface area contributed by atoms with Crippen LogP contribution in [0.1, 0.15) is 72.8 Å². The van der Waals surface area contributed by atoms with Crippen LogP contribution in [0.3, 0.4) is 0 Å². The minimum atomic E-state index is 0.183. The number of hydrogen-bond donors (Lipinski definition) is 0. The van der Waals surface area contributed by atoms with Gasteiger partial charge in [0.05, 0.1) is 0 Å². The van der Waals surface area contributed by atoms with Crippen LogP contribution in [0.4, 0.5) is 0 Å². The van der Waals surface area contributed by atoms with Gasteiger partial charge in [0.2, 0.25) is 0 Å². The smallest absolute Gasteiger partial charge is 0.0152 e. The molecule has 0 spiro atoms. The standard InChI is InChI=1S/C21H22.2C2H6/c1-21(2)19-11-7-6-10-17(19)18-13-12-16(14-20(18)21)15-8-4-3-5-9-15;2*1-2/h3-5,7-9,11,14H,6,10,12-13H2,1-2H3;2*1-2H3. The first-order valence-corrected chi connectivity index (χ1v) is 10.1. The summed E-state index contributed by atoms with van der Waals surface area (Å²) in [6.45, 7) is 12.8. The largest absolute Gasteiger partial charge is 0.0839 e. The van der Waals surface area contributed by atoms with Crippen molar-refractivity contribution in [2.24, 2.45) is 5.41 Å². The summed E-state index contributed by atoms with van der Waals surface area (Å²) >= 11 is 0. The van der Waals surface area contributed by atoms with E-state index >= 15 is 0 Å². The second-order valence-corrected chi connectivity index (χ2v) is 6.89. The Morgan fingerprint density at radius 1 is 0.760 bits per heavy atom. The Hall–Kier alpha value is -1.82. The maximum Gasteiger partial charge on any atom is 0.0152 e. The Bertz CT molecular complexity index is 706. The van der Waals surface area contributed by atoms with Gasteiger partial charge in [0.25, 0.3) is 0 Å². The molecule has 0 nitrogen and oxygen atoms in total. The summed E-state index contributed by atoms with van der Waals surface area (Å²) in [5, 5.41) is 0. The van der Waals surface area contributed by atoms with Gasteiger partial charge in [-0.2, -0.15) is 0 Å². The Morgan fingerprint density at radius 3 is 2.08 bits per heavy atom. The van der Waals surface area contributed by atoms with E-state index in [0.717, 1.165) is 0 Å². The molecule has 0 heteroatoms. The molecule has 0 radical (unpaired) electrons. The molecule has 3 aliphatic carbocycles. The van der Waals surface area contributed by atoms with E-state index in [-0.39, 0.29) is 5.41 Å². The van der Waals surface area contributed by atoms with E-state index in [1.165, 1.54) is 36.8 Å². The van der Waals surface area contributed by atoms with Crippen molar-refractivity contribution in [1.82, 2.24) is 0 Å². The molecule has 0 atom stereocenters. The minimum absolute atomic E-state index is 0.183. The van der Waals surface area contributed by atoms with Gasteiger partial charge in [-0.25, -0.2) is 0 Å². The Morgan fingerprint density at radius 2 is 1.40 bits per heavy atom. The molecule has 1 aromatic carbocycles. The lowest BCUT2D eigenvalue weighted by molar-refractivity contribution is 0.569.